The molecule has 0 amide bonds. The molecule has 3 heteroatoms. The Labute approximate surface area is 53.7 Å². The van der Waals surface area contributed by atoms with E-state index in [0.29, 0.717) is 13.1 Å². The molecule has 0 bridgehead atoms. The number of hydrogen-bond donors (Lipinski definition) is 1. The van der Waals surface area contributed by atoms with Gasteiger partial charge in [-0.1, -0.05) is 0 Å². The van der Waals surface area contributed by atoms with E-state index in [0.717, 1.165) is 0 Å². The Morgan fingerprint density at radius 2 is 2.56 bits per heavy atom. The molecule has 0 aromatic rings. The number of Topliss-reactive ketones (excluding diaryl/α,β-unsaturated/α-hetero) is 1. The second-order valence-electron chi connectivity index (χ2n) is 2.47. The summed E-state index contributed by atoms with van der Waals surface area (Å²) in [5.41, 5.74) is -0.750. The minimum Gasteiger partial charge on any atom is -0.308 e. The third-order valence-corrected chi connectivity index (χ3v) is 1.63. The number of carbonyl (C=O) groups is 1. The molecule has 0 aromatic heterocycles. The van der Waals surface area contributed by atoms with Gasteiger partial charge in [-0.05, 0) is 6.92 Å². The van der Waals surface area contributed by atoms with Gasteiger partial charge in [-0.3, -0.25) is 4.79 Å². The van der Waals surface area contributed by atoms with E-state index in [4.69, 9.17) is 5.26 Å². The second-order valence-corrected chi connectivity index (χ2v) is 2.47. The van der Waals surface area contributed by atoms with E-state index in [2.05, 4.69) is 5.32 Å². The Hall–Kier alpha value is -0.880. The Kier molecular flexibility index (Phi) is 1.26. The molecule has 0 spiro atoms. The second kappa shape index (κ2) is 1.82. The summed E-state index contributed by atoms with van der Waals surface area (Å²) in [6.07, 6.45) is 0. The molecule has 9 heavy (non-hydrogen) atoms. The summed E-state index contributed by atoms with van der Waals surface area (Å²) in [6.45, 7) is 2.52. The quantitative estimate of drug-likeness (QED) is 0.482. The maximum absolute atomic E-state index is 10.8. The molecule has 1 fully saturated rings. The van der Waals surface area contributed by atoms with Gasteiger partial charge in [0.25, 0.3) is 0 Å². The molecule has 1 aliphatic heterocycles. The van der Waals surface area contributed by atoms with Gasteiger partial charge in [0.2, 0.25) is 0 Å². The van der Waals surface area contributed by atoms with Gasteiger partial charge in [-0.25, -0.2) is 0 Å². The van der Waals surface area contributed by atoms with Crippen molar-refractivity contribution in [2.75, 3.05) is 13.1 Å². The van der Waals surface area contributed by atoms with E-state index in [-0.39, 0.29) is 5.78 Å². The van der Waals surface area contributed by atoms with Crippen molar-refractivity contribution in [1.29, 1.82) is 5.26 Å². The summed E-state index contributed by atoms with van der Waals surface area (Å²) < 4.78 is 0. The van der Waals surface area contributed by atoms with Gasteiger partial charge in [0, 0.05) is 6.54 Å². The number of rotatable bonds is 0. The van der Waals surface area contributed by atoms with Crippen LogP contribution in [-0.4, -0.2) is 18.9 Å². The zero-order chi connectivity index (χ0) is 6.91. The lowest BCUT2D eigenvalue weighted by atomic mass is 9.91. The van der Waals surface area contributed by atoms with Crippen molar-refractivity contribution in [3.05, 3.63) is 0 Å². The normalized spacial score (nSPS) is 34.4. The lowest BCUT2D eigenvalue weighted by Gasteiger charge is -2.07. The lowest BCUT2D eigenvalue weighted by molar-refractivity contribution is -0.121. The zero-order valence-electron chi connectivity index (χ0n) is 5.27. The maximum Gasteiger partial charge on any atom is 0.167 e. The molecule has 0 saturated carbocycles. The highest BCUT2D eigenvalue weighted by atomic mass is 16.1. The van der Waals surface area contributed by atoms with Crippen LogP contribution >= 0.6 is 0 Å². The van der Waals surface area contributed by atoms with E-state index in [1.807, 2.05) is 6.07 Å². The van der Waals surface area contributed by atoms with Crippen LogP contribution in [0.5, 0.6) is 0 Å². The van der Waals surface area contributed by atoms with Crippen LogP contribution in [-0.2, 0) is 4.79 Å². The Morgan fingerprint density at radius 1 is 1.89 bits per heavy atom. The van der Waals surface area contributed by atoms with Crippen LogP contribution in [0.3, 0.4) is 0 Å². The molecular formula is C6H8N2O. The summed E-state index contributed by atoms with van der Waals surface area (Å²) >= 11 is 0. The van der Waals surface area contributed by atoms with Crippen LogP contribution in [0.25, 0.3) is 0 Å². The number of nitrogens with one attached hydrogen (secondary N) is 1. The Bertz CT molecular complexity index is 182. The van der Waals surface area contributed by atoms with Crippen LogP contribution in [0.1, 0.15) is 6.92 Å². The maximum atomic E-state index is 10.8. The summed E-state index contributed by atoms with van der Waals surface area (Å²) in [5.74, 6) is 0.00463. The molecule has 48 valence electrons. The molecule has 1 rings (SSSR count). The standard InChI is InChI=1S/C6H8N2O/c1-6(3-7)4-8-2-5(6)9/h8H,2,4H2,1H3. The SMILES string of the molecule is CC1(C#N)CNCC1=O. The van der Waals surface area contributed by atoms with E-state index in [1.54, 1.807) is 6.92 Å². The zero-order valence-corrected chi connectivity index (χ0v) is 5.27. The predicted molar refractivity (Wildman–Crippen MR) is 31.6 cm³/mol. The summed E-state index contributed by atoms with van der Waals surface area (Å²) in [6, 6.07) is 1.98. The molecule has 1 aliphatic rings. The van der Waals surface area contributed by atoms with Gasteiger partial charge >= 0.3 is 0 Å². The summed E-state index contributed by atoms with van der Waals surface area (Å²) in [7, 11) is 0. The third kappa shape index (κ3) is 0.816. The van der Waals surface area contributed by atoms with E-state index >= 15 is 0 Å². The highest BCUT2D eigenvalue weighted by Gasteiger charge is 2.37. The number of hydrogen-bond acceptors (Lipinski definition) is 3. The van der Waals surface area contributed by atoms with Crippen molar-refractivity contribution in [2.45, 2.75) is 6.92 Å². The highest BCUT2D eigenvalue weighted by molar-refractivity contribution is 5.91. The smallest absolute Gasteiger partial charge is 0.167 e. The first-order valence-corrected chi connectivity index (χ1v) is 2.84. The van der Waals surface area contributed by atoms with Crippen molar-refractivity contribution in [1.82, 2.24) is 5.32 Å². The van der Waals surface area contributed by atoms with Crippen molar-refractivity contribution in [3.8, 4) is 6.07 Å². The monoisotopic (exact) mass is 124 g/mol. The molecule has 1 unspecified atom stereocenters. The highest BCUT2D eigenvalue weighted by Crippen LogP contribution is 2.18. The minimum absolute atomic E-state index is 0.00463. The van der Waals surface area contributed by atoms with Gasteiger partial charge in [0.05, 0.1) is 12.6 Å². The predicted octanol–water partition coefficient (Wildman–Crippen LogP) is -0.311. The van der Waals surface area contributed by atoms with Crippen LogP contribution in [0, 0.1) is 16.7 Å². The Morgan fingerprint density at radius 3 is 2.78 bits per heavy atom. The average Bonchev–Trinajstić information content (AvgIpc) is 2.15. The number of nitrogens with zero attached hydrogens (tertiary/aromatic N) is 1. The van der Waals surface area contributed by atoms with Gasteiger partial charge in [-0.2, -0.15) is 5.26 Å². The molecule has 3 nitrogen and oxygen atoms in total. The molecule has 1 saturated heterocycles. The van der Waals surface area contributed by atoms with Crippen molar-refractivity contribution >= 4 is 5.78 Å². The van der Waals surface area contributed by atoms with Crippen molar-refractivity contribution < 1.29 is 4.79 Å². The molecular weight excluding hydrogens is 116 g/mol. The Balaban J connectivity index is 2.82. The van der Waals surface area contributed by atoms with E-state index < -0.39 is 5.41 Å². The number of nitriles is 1. The third-order valence-electron chi connectivity index (χ3n) is 1.63. The first kappa shape index (κ1) is 6.24. The molecule has 0 radical (unpaired) electrons. The average molecular weight is 124 g/mol. The van der Waals surface area contributed by atoms with E-state index in [9.17, 15) is 4.79 Å². The minimum atomic E-state index is -0.750. The first-order chi connectivity index (χ1) is 4.19. The molecule has 0 aromatic carbocycles. The molecule has 1 N–H and O–H groups in total. The summed E-state index contributed by atoms with van der Waals surface area (Å²) in [4.78, 5) is 10.8. The largest absolute Gasteiger partial charge is 0.308 e. The first-order valence-electron chi connectivity index (χ1n) is 2.84. The summed E-state index contributed by atoms with van der Waals surface area (Å²) in [5, 5.41) is 11.3. The van der Waals surface area contributed by atoms with Crippen LogP contribution in [0.4, 0.5) is 0 Å². The van der Waals surface area contributed by atoms with Crippen molar-refractivity contribution in [3.63, 3.8) is 0 Å². The fraction of sp³-hybridized carbons (Fsp3) is 0.667. The van der Waals surface area contributed by atoms with Crippen LogP contribution in [0.15, 0.2) is 0 Å². The van der Waals surface area contributed by atoms with Crippen molar-refractivity contribution in [2.24, 2.45) is 5.41 Å². The van der Waals surface area contributed by atoms with Gasteiger partial charge < -0.3 is 5.32 Å². The fourth-order valence-corrected chi connectivity index (χ4v) is 0.822. The number of ketones is 1. The van der Waals surface area contributed by atoms with Crippen LogP contribution < -0.4 is 5.32 Å². The fourth-order valence-electron chi connectivity index (χ4n) is 0.822. The molecule has 1 heterocycles. The van der Waals surface area contributed by atoms with Gasteiger partial charge in [-0.15, -0.1) is 0 Å². The topological polar surface area (TPSA) is 52.9 Å². The van der Waals surface area contributed by atoms with Gasteiger partial charge in [0.1, 0.15) is 5.41 Å². The number of carbonyl (C=O) groups excluding carboxylic acids is 1. The van der Waals surface area contributed by atoms with Gasteiger partial charge in [0.15, 0.2) is 5.78 Å². The van der Waals surface area contributed by atoms with Crippen LogP contribution in [0.2, 0.25) is 0 Å². The molecule has 0 aliphatic carbocycles. The van der Waals surface area contributed by atoms with E-state index in [1.165, 1.54) is 0 Å². The molecule has 1 atom stereocenters. The lowest BCUT2D eigenvalue weighted by Crippen LogP contribution is -2.23.